The van der Waals surface area contributed by atoms with Crippen molar-refractivity contribution in [2.24, 2.45) is 5.92 Å². The number of benzene rings is 2. The zero-order valence-corrected chi connectivity index (χ0v) is 20.2. The third-order valence-electron chi connectivity index (χ3n) is 6.48. The van der Waals surface area contributed by atoms with Gasteiger partial charge in [-0.05, 0) is 50.5 Å². The number of aryl methyl sites for hydroxylation is 2. The molecule has 2 aromatic carbocycles. The third kappa shape index (κ3) is 5.09. The molecule has 1 unspecified atom stereocenters. The molecule has 1 aliphatic heterocycles. The van der Waals surface area contributed by atoms with Gasteiger partial charge in [0.15, 0.2) is 5.82 Å². The van der Waals surface area contributed by atoms with Gasteiger partial charge in [0.1, 0.15) is 12.1 Å². The van der Waals surface area contributed by atoms with E-state index in [0.717, 1.165) is 53.7 Å². The fourth-order valence-corrected chi connectivity index (χ4v) is 4.76. The van der Waals surface area contributed by atoms with E-state index in [1.54, 1.807) is 6.33 Å². The normalized spacial score (nSPS) is 15.7. The van der Waals surface area contributed by atoms with E-state index in [9.17, 15) is 4.79 Å². The Labute approximate surface area is 206 Å². The maximum absolute atomic E-state index is 13.9. The highest BCUT2D eigenvalue weighted by molar-refractivity contribution is 5.95. The van der Waals surface area contributed by atoms with Crippen LogP contribution in [0.1, 0.15) is 29.8 Å². The predicted molar refractivity (Wildman–Crippen MR) is 138 cm³/mol. The van der Waals surface area contributed by atoms with Crippen molar-refractivity contribution in [2.75, 3.05) is 22.9 Å². The topological polar surface area (TPSA) is 67.2 Å². The lowest BCUT2D eigenvalue weighted by atomic mass is 9.95. The molecule has 0 aliphatic carbocycles. The van der Waals surface area contributed by atoms with Gasteiger partial charge in [-0.15, -0.1) is 0 Å². The second kappa shape index (κ2) is 10.1. The van der Waals surface area contributed by atoms with Gasteiger partial charge >= 0.3 is 0 Å². The van der Waals surface area contributed by atoms with Crippen molar-refractivity contribution >= 4 is 17.4 Å². The van der Waals surface area contributed by atoms with Gasteiger partial charge in [0.25, 0.3) is 0 Å². The first kappa shape index (κ1) is 22.8. The minimum absolute atomic E-state index is 0.111. The summed E-state index contributed by atoms with van der Waals surface area (Å²) < 4.78 is 1.84. The highest BCUT2D eigenvalue weighted by Gasteiger charge is 2.31. The highest BCUT2D eigenvalue weighted by Crippen LogP contribution is 2.27. The molecule has 4 aromatic rings. The van der Waals surface area contributed by atoms with Crippen LogP contribution in [0, 0.1) is 19.8 Å². The molecule has 1 amide bonds. The number of para-hydroxylation sites is 1. The second-order valence-corrected chi connectivity index (χ2v) is 9.10. The maximum atomic E-state index is 13.9. The molecule has 178 valence electrons. The lowest BCUT2D eigenvalue weighted by Gasteiger charge is -2.35. The quantitative estimate of drug-likeness (QED) is 0.411. The van der Waals surface area contributed by atoms with Gasteiger partial charge in [0.05, 0.1) is 18.2 Å². The van der Waals surface area contributed by atoms with Crippen LogP contribution < -0.4 is 9.80 Å². The SMILES string of the molecule is Cc1cc(C)n(-c2cc(N3CCCC(C(=O)N(Cc4ccccc4)c4ccccc4)C3)ncn2)n1. The van der Waals surface area contributed by atoms with Crippen molar-refractivity contribution in [3.63, 3.8) is 0 Å². The van der Waals surface area contributed by atoms with Gasteiger partial charge in [0.2, 0.25) is 5.91 Å². The number of rotatable bonds is 6. The Balaban J connectivity index is 1.38. The average molecular weight is 467 g/mol. The number of nitrogens with zero attached hydrogens (tertiary/aromatic N) is 6. The van der Waals surface area contributed by atoms with Crippen LogP contribution in [0.2, 0.25) is 0 Å². The van der Waals surface area contributed by atoms with Crippen molar-refractivity contribution in [3.05, 3.63) is 96.1 Å². The van der Waals surface area contributed by atoms with E-state index >= 15 is 0 Å². The molecular weight excluding hydrogens is 436 g/mol. The summed E-state index contributed by atoms with van der Waals surface area (Å²) in [6, 6.07) is 24.1. The molecule has 7 heteroatoms. The Morgan fingerprint density at radius 3 is 2.40 bits per heavy atom. The number of aromatic nitrogens is 4. The van der Waals surface area contributed by atoms with Crippen molar-refractivity contribution in [3.8, 4) is 5.82 Å². The monoisotopic (exact) mass is 466 g/mol. The Hall–Kier alpha value is -4.00. The Morgan fingerprint density at radius 1 is 0.971 bits per heavy atom. The van der Waals surface area contributed by atoms with Crippen molar-refractivity contribution in [1.82, 2.24) is 19.7 Å². The van der Waals surface area contributed by atoms with Crippen molar-refractivity contribution < 1.29 is 4.79 Å². The Bertz CT molecular complexity index is 1290. The first-order valence-corrected chi connectivity index (χ1v) is 12.1. The Kier molecular flexibility index (Phi) is 6.57. The van der Waals surface area contributed by atoms with Crippen LogP contribution in [0.25, 0.3) is 5.82 Å². The fraction of sp³-hybridized carbons (Fsp3) is 0.286. The van der Waals surface area contributed by atoms with Gasteiger partial charge in [0, 0.05) is 30.5 Å². The lowest BCUT2D eigenvalue weighted by molar-refractivity contribution is -0.122. The standard InChI is InChI=1S/C28H30N6O/c1-21-16-22(2)34(31-21)27-17-26(29-20-30-27)32-15-9-12-24(19-32)28(35)33(25-13-7-4-8-14-25)18-23-10-5-3-6-11-23/h3-8,10-11,13-14,16-17,20,24H,9,12,15,18-19H2,1-2H3. The van der Waals surface area contributed by atoms with E-state index < -0.39 is 0 Å². The third-order valence-corrected chi connectivity index (χ3v) is 6.48. The van der Waals surface area contributed by atoms with Crippen LogP contribution in [0.4, 0.5) is 11.5 Å². The minimum Gasteiger partial charge on any atom is -0.356 e. The van der Waals surface area contributed by atoms with E-state index in [1.807, 2.05) is 84.1 Å². The van der Waals surface area contributed by atoms with E-state index in [4.69, 9.17) is 0 Å². The number of hydrogen-bond donors (Lipinski definition) is 0. The van der Waals surface area contributed by atoms with Crippen molar-refractivity contribution in [2.45, 2.75) is 33.2 Å². The van der Waals surface area contributed by atoms with E-state index in [1.165, 1.54) is 0 Å². The summed E-state index contributed by atoms with van der Waals surface area (Å²) in [5.41, 5.74) is 4.01. The molecule has 7 nitrogen and oxygen atoms in total. The average Bonchev–Trinajstić information content (AvgIpc) is 3.26. The molecule has 1 aliphatic rings. The summed E-state index contributed by atoms with van der Waals surface area (Å²) in [4.78, 5) is 27.0. The molecule has 1 atom stereocenters. The lowest BCUT2D eigenvalue weighted by Crippen LogP contribution is -2.45. The van der Waals surface area contributed by atoms with Crippen molar-refractivity contribution in [1.29, 1.82) is 0 Å². The maximum Gasteiger partial charge on any atom is 0.232 e. The van der Waals surface area contributed by atoms with Gasteiger partial charge in [-0.25, -0.2) is 14.6 Å². The molecule has 0 bridgehead atoms. The number of carbonyl (C=O) groups is 1. The number of hydrogen-bond acceptors (Lipinski definition) is 5. The number of anilines is 2. The van der Waals surface area contributed by atoms with E-state index in [2.05, 4.69) is 32.1 Å². The highest BCUT2D eigenvalue weighted by atomic mass is 16.2. The van der Waals surface area contributed by atoms with Crippen LogP contribution >= 0.6 is 0 Å². The molecule has 0 spiro atoms. The number of amides is 1. The Morgan fingerprint density at radius 2 is 1.69 bits per heavy atom. The summed E-state index contributed by atoms with van der Waals surface area (Å²) in [7, 11) is 0. The van der Waals surface area contributed by atoms with Gasteiger partial charge in [-0.3, -0.25) is 4.79 Å². The largest absolute Gasteiger partial charge is 0.356 e. The molecule has 2 aromatic heterocycles. The minimum atomic E-state index is -0.111. The van der Waals surface area contributed by atoms with Crippen LogP contribution in [-0.2, 0) is 11.3 Å². The molecule has 0 N–H and O–H groups in total. The predicted octanol–water partition coefficient (Wildman–Crippen LogP) is 4.73. The number of piperidine rings is 1. The molecule has 1 fully saturated rings. The van der Waals surface area contributed by atoms with Gasteiger partial charge in [-0.2, -0.15) is 5.10 Å². The number of carbonyl (C=O) groups excluding carboxylic acids is 1. The summed E-state index contributed by atoms with van der Waals surface area (Å²) in [6.07, 6.45) is 3.38. The van der Waals surface area contributed by atoms with Crippen LogP contribution in [0.3, 0.4) is 0 Å². The van der Waals surface area contributed by atoms with Crippen LogP contribution in [0.5, 0.6) is 0 Å². The molecule has 3 heterocycles. The summed E-state index contributed by atoms with van der Waals surface area (Å²) >= 11 is 0. The zero-order valence-electron chi connectivity index (χ0n) is 20.2. The van der Waals surface area contributed by atoms with E-state index in [-0.39, 0.29) is 11.8 Å². The molecular formula is C28H30N6O. The zero-order chi connectivity index (χ0) is 24.2. The fourth-order valence-electron chi connectivity index (χ4n) is 4.76. The second-order valence-electron chi connectivity index (χ2n) is 9.10. The summed E-state index contributed by atoms with van der Waals surface area (Å²) in [5, 5.41) is 4.55. The smallest absolute Gasteiger partial charge is 0.232 e. The molecule has 1 saturated heterocycles. The first-order valence-electron chi connectivity index (χ1n) is 12.1. The molecule has 0 radical (unpaired) electrons. The van der Waals surface area contributed by atoms with Crippen LogP contribution in [-0.4, -0.2) is 38.7 Å². The van der Waals surface area contributed by atoms with Gasteiger partial charge in [-0.1, -0.05) is 48.5 Å². The summed E-state index contributed by atoms with van der Waals surface area (Å²) in [5.74, 6) is 1.61. The molecule has 0 saturated carbocycles. The first-order chi connectivity index (χ1) is 17.1. The van der Waals surface area contributed by atoms with Gasteiger partial charge < -0.3 is 9.80 Å². The van der Waals surface area contributed by atoms with Crippen LogP contribution in [0.15, 0.2) is 79.1 Å². The summed E-state index contributed by atoms with van der Waals surface area (Å²) in [6.45, 7) is 6.03. The molecule has 5 rings (SSSR count). The molecule has 35 heavy (non-hydrogen) atoms. The van der Waals surface area contributed by atoms with E-state index in [0.29, 0.717) is 13.1 Å².